The van der Waals surface area contributed by atoms with E-state index < -0.39 is 0 Å². The van der Waals surface area contributed by atoms with Crippen molar-refractivity contribution >= 4 is 5.91 Å². The molecule has 116 valence electrons. The molecule has 0 radical (unpaired) electrons. The Labute approximate surface area is 132 Å². The molecule has 4 heteroatoms. The van der Waals surface area contributed by atoms with Crippen molar-refractivity contribution in [1.29, 1.82) is 5.26 Å². The summed E-state index contributed by atoms with van der Waals surface area (Å²) in [7, 11) is 0. The smallest absolute Gasteiger partial charge is 0.223 e. The Morgan fingerprint density at radius 1 is 1.41 bits per heavy atom. The third-order valence-electron chi connectivity index (χ3n) is 5.26. The summed E-state index contributed by atoms with van der Waals surface area (Å²) in [6, 6.07) is 6.02. The summed E-state index contributed by atoms with van der Waals surface area (Å²) in [5.74, 6) is 2.42. The van der Waals surface area contributed by atoms with Crippen molar-refractivity contribution in [2.75, 3.05) is 6.54 Å². The molecule has 1 aromatic rings. The highest BCUT2D eigenvalue weighted by atomic mass is 16.2. The first-order valence-electron chi connectivity index (χ1n) is 8.30. The number of nitrogens with zero attached hydrogens (tertiary/aromatic N) is 3. The normalized spacial score (nSPS) is 25.9. The van der Waals surface area contributed by atoms with E-state index in [1.54, 1.807) is 12.4 Å². The van der Waals surface area contributed by atoms with Crippen molar-refractivity contribution in [3.05, 3.63) is 30.1 Å². The highest BCUT2D eigenvalue weighted by Crippen LogP contribution is 2.49. The number of amides is 1. The summed E-state index contributed by atoms with van der Waals surface area (Å²) in [4.78, 5) is 18.6. The monoisotopic (exact) mass is 297 g/mol. The maximum absolute atomic E-state index is 12.7. The molecule has 3 atom stereocenters. The molecular weight excluding hydrogens is 274 g/mol. The van der Waals surface area contributed by atoms with Crippen LogP contribution in [0.3, 0.4) is 0 Å². The Morgan fingerprint density at radius 2 is 2.32 bits per heavy atom. The predicted molar refractivity (Wildman–Crippen MR) is 83.4 cm³/mol. The lowest BCUT2D eigenvalue weighted by atomic mass is 9.86. The Balaban J connectivity index is 1.61. The van der Waals surface area contributed by atoms with Gasteiger partial charge >= 0.3 is 0 Å². The van der Waals surface area contributed by atoms with Crippen molar-refractivity contribution in [3.63, 3.8) is 0 Å². The maximum Gasteiger partial charge on any atom is 0.223 e. The van der Waals surface area contributed by atoms with Crippen molar-refractivity contribution in [2.24, 2.45) is 17.8 Å². The molecule has 0 spiro atoms. The molecule has 3 unspecified atom stereocenters. The lowest BCUT2D eigenvalue weighted by molar-refractivity contribution is -0.133. The summed E-state index contributed by atoms with van der Waals surface area (Å²) in [5, 5.41) is 8.83. The second-order valence-corrected chi connectivity index (χ2v) is 6.72. The Hall–Kier alpha value is -1.89. The molecule has 3 rings (SSSR count). The average molecular weight is 297 g/mol. The molecule has 4 nitrogen and oxygen atoms in total. The molecule has 0 aliphatic heterocycles. The van der Waals surface area contributed by atoms with E-state index in [0.717, 1.165) is 17.4 Å². The van der Waals surface area contributed by atoms with Crippen LogP contribution in [0.1, 0.15) is 44.1 Å². The van der Waals surface area contributed by atoms with E-state index in [4.69, 9.17) is 5.26 Å². The average Bonchev–Trinajstić information content (AvgIpc) is 3.15. The van der Waals surface area contributed by atoms with Crippen LogP contribution in [0.5, 0.6) is 0 Å². The highest BCUT2D eigenvalue weighted by molar-refractivity contribution is 5.76. The van der Waals surface area contributed by atoms with Crippen LogP contribution in [0.4, 0.5) is 0 Å². The van der Waals surface area contributed by atoms with Crippen LogP contribution in [0, 0.1) is 29.1 Å². The van der Waals surface area contributed by atoms with Crippen LogP contribution in [-0.2, 0) is 11.3 Å². The Morgan fingerprint density at radius 3 is 2.95 bits per heavy atom. The fraction of sp³-hybridized carbons (Fsp3) is 0.611. The number of hydrogen-bond acceptors (Lipinski definition) is 3. The number of pyridine rings is 1. The molecule has 0 aromatic carbocycles. The van der Waals surface area contributed by atoms with E-state index in [0.29, 0.717) is 31.8 Å². The lowest BCUT2D eigenvalue weighted by Gasteiger charge is -2.26. The van der Waals surface area contributed by atoms with Gasteiger partial charge in [-0.2, -0.15) is 5.26 Å². The van der Waals surface area contributed by atoms with Gasteiger partial charge in [-0.3, -0.25) is 9.78 Å². The summed E-state index contributed by atoms with van der Waals surface area (Å²) in [5.41, 5.74) is 1.03. The molecule has 0 N–H and O–H groups in total. The van der Waals surface area contributed by atoms with Crippen LogP contribution in [-0.4, -0.2) is 22.3 Å². The van der Waals surface area contributed by atoms with E-state index in [1.165, 1.54) is 25.7 Å². The predicted octanol–water partition coefficient (Wildman–Crippen LogP) is 3.15. The first-order valence-corrected chi connectivity index (χ1v) is 8.30. The van der Waals surface area contributed by atoms with Crippen LogP contribution in [0.25, 0.3) is 0 Å². The van der Waals surface area contributed by atoms with Crippen molar-refractivity contribution in [2.45, 2.75) is 45.1 Å². The summed E-state index contributed by atoms with van der Waals surface area (Å²) >= 11 is 0. The van der Waals surface area contributed by atoms with Gasteiger partial charge in [0.15, 0.2) is 0 Å². The first kappa shape index (κ1) is 15.0. The van der Waals surface area contributed by atoms with Gasteiger partial charge in [-0.1, -0.05) is 12.5 Å². The van der Waals surface area contributed by atoms with Gasteiger partial charge in [0.2, 0.25) is 5.91 Å². The molecule has 1 amide bonds. The van der Waals surface area contributed by atoms with E-state index in [-0.39, 0.29) is 5.91 Å². The number of carbonyl (C=O) groups is 1. The summed E-state index contributed by atoms with van der Waals surface area (Å²) < 4.78 is 0. The van der Waals surface area contributed by atoms with Crippen molar-refractivity contribution in [3.8, 4) is 6.07 Å². The van der Waals surface area contributed by atoms with Gasteiger partial charge in [0.1, 0.15) is 0 Å². The molecule has 2 aliphatic rings. The zero-order chi connectivity index (χ0) is 15.4. The molecule has 2 saturated carbocycles. The zero-order valence-electron chi connectivity index (χ0n) is 12.9. The van der Waals surface area contributed by atoms with Gasteiger partial charge in [0.25, 0.3) is 0 Å². The molecular formula is C18H23N3O. The van der Waals surface area contributed by atoms with Gasteiger partial charge in [0, 0.05) is 31.9 Å². The Kier molecular flexibility index (Phi) is 4.72. The number of hydrogen-bond donors (Lipinski definition) is 0. The van der Waals surface area contributed by atoms with Crippen LogP contribution < -0.4 is 0 Å². The molecule has 2 aliphatic carbocycles. The first-order chi connectivity index (χ1) is 10.8. The topological polar surface area (TPSA) is 57.0 Å². The third kappa shape index (κ3) is 3.47. The van der Waals surface area contributed by atoms with Crippen molar-refractivity contribution < 1.29 is 4.79 Å². The molecule has 2 bridgehead atoms. The standard InChI is InChI=1S/C18H23N3O/c19-6-2-8-21(13-15-3-1-7-20-12-15)18(22)11-17-10-14-4-5-16(17)9-14/h1,3,7,12,14,16-17H,2,4-5,8-11,13H2. The van der Waals surface area contributed by atoms with Gasteiger partial charge in [-0.25, -0.2) is 0 Å². The molecule has 1 aromatic heterocycles. The van der Waals surface area contributed by atoms with Crippen LogP contribution in [0.2, 0.25) is 0 Å². The zero-order valence-corrected chi connectivity index (χ0v) is 12.9. The van der Waals surface area contributed by atoms with Crippen LogP contribution >= 0.6 is 0 Å². The van der Waals surface area contributed by atoms with E-state index in [9.17, 15) is 4.79 Å². The van der Waals surface area contributed by atoms with Crippen LogP contribution in [0.15, 0.2) is 24.5 Å². The number of fused-ring (bicyclic) bond motifs is 2. The largest absolute Gasteiger partial charge is 0.337 e. The minimum Gasteiger partial charge on any atom is -0.337 e. The fourth-order valence-corrected chi connectivity index (χ4v) is 4.17. The SMILES string of the molecule is N#CCCN(Cc1cccnc1)C(=O)CC1CC2CCC1C2. The fourth-order valence-electron chi connectivity index (χ4n) is 4.17. The van der Waals surface area contributed by atoms with Gasteiger partial charge < -0.3 is 4.90 Å². The van der Waals surface area contributed by atoms with E-state index in [1.807, 2.05) is 17.0 Å². The minimum absolute atomic E-state index is 0.205. The number of rotatable bonds is 6. The Bertz CT molecular complexity index is 551. The molecule has 0 saturated heterocycles. The van der Waals surface area contributed by atoms with E-state index in [2.05, 4.69) is 11.1 Å². The molecule has 2 fully saturated rings. The molecule has 1 heterocycles. The summed E-state index contributed by atoms with van der Waals surface area (Å²) in [6.45, 7) is 1.08. The maximum atomic E-state index is 12.7. The quantitative estimate of drug-likeness (QED) is 0.810. The van der Waals surface area contributed by atoms with Gasteiger partial charge in [-0.05, 0) is 48.6 Å². The highest BCUT2D eigenvalue weighted by Gasteiger charge is 2.40. The van der Waals surface area contributed by atoms with Gasteiger partial charge in [0.05, 0.1) is 12.5 Å². The summed E-state index contributed by atoms with van der Waals surface area (Å²) in [6.07, 6.45) is 9.82. The lowest BCUT2D eigenvalue weighted by Crippen LogP contribution is -2.33. The number of carbonyl (C=O) groups excluding carboxylic acids is 1. The minimum atomic E-state index is 0.205. The molecule has 22 heavy (non-hydrogen) atoms. The third-order valence-corrected chi connectivity index (χ3v) is 5.26. The number of aromatic nitrogens is 1. The number of nitriles is 1. The van der Waals surface area contributed by atoms with E-state index >= 15 is 0 Å². The van der Waals surface area contributed by atoms with Crippen molar-refractivity contribution in [1.82, 2.24) is 9.88 Å². The van der Waals surface area contributed by atoms with Gasteiger partial charge in [-0.15, -0.1) is 0 Å². The second-order valence-electron chi connectivity index (χ2n) is 6.72. The second kappa shape index (κ2) is 6.91.